The number of para-hydroxylation sites is 2. The van der Waals surface area contributed by atoms with E-state index in [4.69, 9.17) is 9.97 Å². The quantitative estimate of drug-likeness (QED) is 0.174. The molecule has 0 radical (unpaired) electrons. The summed E-state index contributed by atoms with van der Waals surface area (Å²) in [6.45, 7) is 0. The molecular formula is C56H34N4S. The van der Waals surface area contributed by atoms with Crippen molar-refractivity contribution in [2.24, 2.45) is 0 Å². The molecule has 0 aliphatic carbocycles. The Bertz CT molecular complexity index is 3870. The molecule has 9 aromatic carbocycles. The van der Waals surface area contributed by atoms with E-state index >= 15 is 0 Å². The van der Waals surface area contributed by atoms with Crippen LogP contribution in [0.25, 0.3) is 120 Å². The molecule has 4 aromatic heterocycles. The third-order valence-corrected chi connectivity index (χ3v) is 13.5. The van der Waals surface area contributed by atoms with Gasteiger partial charge in [0.15, 0.2) is 0 Å². The first-order valence-corrected chi connectivity index (χ1v) is 21.5. The maximum absolute atomic E-state index is 5.49. The van der Waals surface area contributed by atoms with E-state index in [0.717, 1.165) is 43.8 Å². The monoisotopic (exact) mass is 794 g/mol. The van der Waals surface area contributed by atoms with Crippen LogP contribution in [0.3, 0.4) is 0 Å². The molecule has 0 fully saturated rings. The zero-order chi connectivity index (χ0) is 40.0. The second-order valence-electron chi connectivity index (χ2n) is 15.8. The van der Waals surface area contributed by atoms with Crippen LogP contribution in [0, 0.1) is 0 Å². The van der Waals surface area contributed by atoms with Gasteiger partial charge in [0.05, 0.1) is 38.0 Å². The van der Waals surface area contributed by atoms with Gasteiger partial charge in [0.25, 0.3) is 0 Å². The van der Waals surface area contributed by atoms with Crippen LogP contribution >= 0.6 is 11.3 Å². The van der Waals surface area contributed by atoms with Gasteiger partial charge in [-0.15, -0.1) is 11.3 Å². The van der Waals surface area contributed by atoms with Crippen molar-refractivity contribution in [3.8, 4) is 44.5 Å². The van der Waals surface area contributed by atoms with E-state index in [1.165, 1.54) is 70.1 Å². The van der Waals surface area contributed by atoms with E-state index in [1.54, 1.807) is 11.3 Å². The second kappa shape index (κ2) is 13.3. The van der Waals surface area contributed by atoms with Crippen molar-refractivity contribution in [1.29, 1.82) is 0 Å². The molecule has 4 nitrogen and oxygen atoms in total. The maximum Gasteiger partial charge on any atom is 0.235 e. The number of rotatable bonds is 5. The van der Waals surface area contributed by atoms with Gasteiger partial charge >= 0.3 is 0 Å². The molecule has 0 spiro atoms. The van der Waals surface area contributed by atoms with Gasteiger partial charge in [0, 0.05) is 37.7 Å². The summed E-state index contributed by atoms with van der Waals surface area (Å²) in [6, 6.07) is 74.3. The molecule has 0 amide bonds. The number of nitrogens with zero attached hydrogens (tertiary/aromatic N) is 4. The SMILES string of the molecule is c1ccc(-c2nc(-n3c4ccc(-c5ccc6c(c5)c5ccccc5n6-c5ccccc5)cc4c4c5ccccc5ccc43)nc3cc(-c4cccc5ccccc45)sc23)cc1. The number of hydrogen-bond acceptors (Lipinski definition) is 3. The van der Waals surface area contributed by atoms with Crippen LogP contribution < -0.4 is 0 Å². The van der Waals surface area contributed by atoms with Gasteiger partial charge in [0.1, 0.15) is 0 Å². The number of benzene rings is 9. The minimum absolute atomic E-state index is 0.659. The zero-order valence-corrected chi connectivity index (χ0v) is 33.6. The molecule has 5 heteroatoms. The Balaban J connectivity index is 1.05. The largest absolute Gasteiger partial charge is 0.309 e. The Kier molecular flexibility index (Phi) is 7.44. The summed E-state index contributed by atoms with van der Waals surface area (Å²) in [4.78, 5) is 12.1. The number of thiophene rings is 1. The van der Waals surface area contributed by atoms with Gasteiger partial charge < -0.3 is 4.57 Å². The summed E-state index contributed by atoms with van der Waals surface area (Å²) in [6.07, 6.45) is 0. The fraction of sp³-hybridized carbons (Fsp3) is 0. The molecule has 0 atom stereocenters. The van der Waals surface area contributed by atoms with Crippen molar-refractivity contribution in [2.45, 2.75) is 0 Å². The average molecular weight is 795 g/mol. The Labute approximate surface area is 354 Å². The van der Waals surface area contributed by atoms with Crippen molar-refractivity contribution in [1.82, 2.24) is 19.1 Å². The topological polar surface area (TPSA) is 35.6 Å². The lowest BCUT2D eigenvalue weighted by Crippen LogP contribution is -2.02. The lowest BCUT2D eigenvalue weighted by atomic mass is 9.99. The Morgan fingerprint density at radius 3 is 1.79 bits per heavy atom. The van der Waals surface area contributed by atoms with E-state index in [1.807, 2.05) is 0 Å². The molecular weight excluding hydrogens is 761 g/mol. The fourth-order valence-corrected chi connectivity index (χ4v) is 10.7. The number of fused-ring (bicyclic) bond motifs is 10. The highest BCUT2D eigenvalue weighted by atomic mass is 32.1. The first kappa shape index (κ1) is 34.0. The van der Waals surface area contributed by atoms with Crippen LogP contribution in [0.2, 0.25) is 0 Å². The van der Waals surface area contributed by atoms with E-state index in [2.05, 4.69) is 215 Å². The van der Waals surface area contributed by atoms with Crippen molar-refractivity contribution >= 4 is 86.7 Å². The standard InChI is InChI=1S/C56H34N4S/c1-3-16-37(17-4-1)54-55-47(34-52(61-55)44-24-13-18-35-14-7-9-21-41(35)44)57-56(58-54)60-50-30-28-39(33-46(50)53-42-22-10-8-15-36(42)26-31-51(53)60)38-27-29-49-45(32-38)43-23-11-12-25-48(43)59(49)40-19-5-2-6-20-40/h1-34H. The molecule has 4 heterocycles. The number of aromatic nitrogens is 4. The fourth-order valence-electron chi connectivity index (χ4n) is 9.58. The molecule has 13 rings (SSSR count). The zero-order valence-electron chi connectivity index (χ0n) is 32.8. The summed E-state index contributed by atoms with van der Waals surface area (Å²) in [5.74, 6) is 0.659. The minimum atomic E-state index is 0.659. The Hall–Kier alpha value is -7.86. The van der Waals surface area contributed by atoms with Gasteiger partial charge in [-0.2, -0.15) is 0 Å². The molecule has 0 N–H and O–H groups in total. The molecule has 0 saturated carbocycles. The van der Waals surface area contributed by atoms with Crippen LogP contribution in [0.5, 0.6) is 0 Å². The van der Waals surface area contributed by atoms with Gasteiger partial charge in [0.2, 0.25) is 5.95 Å². The van der Waals surface area contributed by atoms with E-state index in [9.17, 15) is 0 Å². The lowest BCUT2D eigenvalue weighted by molar-refractivity contribution is 1.02. The molecule has 13 aromatic rings. The predicted octanol–water partition coefficient (Wildman–Crippen LogP) is 15.2. The molecule has 61 heavy (non-hydrogen) atoms. The van der Waals surface area contributed by atoms with E-state index in [0.29, 0.717) is 5.95 Å². The predicted molar refractivity (Wildman–Crippen MR) is 257 cm³/mol. The molecule has 0 saturated heterocycles. The van der Waals surface area contributed by atoms with E-state index in [-0.39, 0.29) is 0 Å². The van der Waals surface area contributed by atoms with Crippen molar-refractivity contribution < 1.29 is 0 Å². The molecule has 0 aliphatic heterocycles. The van der Waals surface area contributed by atoms with Gasteiger partial charge in [-0.3, -0.25) is 4.57 Å². The van der Waals surface area contributed by atoms with Crippen LogP contribution in [0.15, 0.2) is 206 Å². The summed E-state index contributed by atoms with van der Waals surface area (Å²) in [5, 5.41) is 9.71. The van der Waals surface area contributed by atoms with Crippen LogP contribution in [-0.4, -0.2) is 19.1 Å². The number of hydrogen-bond donors (Lipinski definition) is 0. The van der Waals surface area contributed by atoms with Crippen molar-refractivity contribution in [2.75, 3.05) is 0 Å². The molecule has 0 aliphatic rings. The summed E-state index contributed by atoms with van der Waals surface area (Å²) >= 11 is 1.77. The van der Waals surface area contributed by atoms with Crippen molar-refractivity contribution in [3.05, 3.63) is 206 Å². The third kappa shape index (κ3) is 5.24. The lowest BCUT2D eigenvalue weighted by Gasteiger charge is -2.10. The molecule has 0 bridgehead atoms. The third-order valence-electron chi connectivity index (χ3n) is 12.3. The van der Waals surface area contributed by atoms with Crippen LogP contribution in [0.4, 0.5) is 0 Å². The normalized spacial score (nSPS) is 11.9. The Morgan fingerprint density at radius 1 is 0.377 bits per heavy atom. The smallest absolute Gasteiger partial charge is 0.235 e. The summed E-state index contributed by atoms with van der Waals surface area (Å²) in [5.41, 5.74) is 12.2. The average Bonchev–Trinajstić information content (AvgIpc) is 4.01. The van der Waals surface area contributed by atoms with E-state index < -0.39 is 0 Å². The maximum atomic E-state index is 5.49. The first-order valence-electron chi connectivity index (χ1n) is 20.7. The van der Waals surface area contributed by atoms with Crippen LogP contribution in [-0.2, 0) is 0 Å². The highest BCUT2D eigenvalue weighted by molar-refractivity contribution is 7.22. The van der Waals surface area contributed by atoms with Crippen molar-refractivity contribution in [3.63, 3.8) is 0 Å². The summed E-state index contributed by atoms with van der Waals surface area (Å²) in [7, 11) is 0. The summed E-state index contributed by atoms with van der Waals surface area (Å²) < 4.78 is 5.73. The van der Waals surface area contributed by atoms with Gasteiger partial charge in [-0.05, 0) is 92.8 Å². The highest BCUT2D eigenvalue weighted by Gasteiger charge is 2.22. The molecule has 0 unspecified atom stereocenters. The van der Waals surface area contributed by atoms with Gasteiger partial charge in [-0.25, -0.2) is 9.97 Å². The first-order chi connectivity index (χ1) is 30.2. The second-order valence-corrected chi connectivity index (χ2v) is 16.8. The molecule has 284 valence electrons. The van der Waals surface area contributed by atoms with Gasteiger partial charge in [-0.1, -0.05) is 152 Å². The Morgan fingerprint density at radius 2 is 0.984 bits per heavy atom. The van der Waals surface area contributed by atoms with Crippen LogP contribution in [0.1, 0.15) is 0 Å². The highest BCUT2D eigenvalue weighted by Crippen LogP contribution is 2.43. The minimum Gasteiger partial charge on any atom is -0.309 e.